The highest BCUT2D eigenvalue weighted by Gasteiger charge is 2.04. The van der Waals surface area contributed by atoms with Crippen LogP contribution in [0.4, 0.5) is 0 Å². The highest BCUT2D eigenvalue weighted by atomic mass is 35.5. The number of rotatable bonds is 6. The van der Waals surface area contributed by atoms with Crippen LogP contribution in [0.3, 0.4) is 0 Å². The van der Waals surface area contributed by atoms with Gasteiger partial charge in [-0.3, -0.25) is 4.79 Å². The third-order valence-corrected chi connectivity index (χ3v) is 3.63. The lowest BCUT2D eigenvalue weighted by atomic mass is 9.99. The molecule has 0 fully saturated rings. The first-order chi connectivity index (χ1) is 9.18. The molecule has 2 aromatic carbocycles. The topological polar surface area (TPSA) is 37.3 Å². The van der Waals surface area contributed by atoms with Gasteiger partial charge in [0.25, 0.3) is 0 Å². The molecule has 0 saturated carbocycles. The summed E-state index contributed by atoms with van der Waals surface area (Å²) in [4.78, 5) is 10.4. The summed E-state index contributed by atoms with van der Waals surface area (Å²) >= 11 is 6.18. The van der Waals surface area contributed by atoms with Crippen LogP contribution in [0.15, 0.2) is 36.4 Å². The third-order valence-electron chi connectivity index (χ3n) is 3.30. The molecule has 0 bridgehead atoms. The number of carbonyl (C=O) groups is 1. The highest BCUT2D eigenvalue weighted by Crippen LogP contribution is 2.27. The maximum Gasteiger partial charge on any atom is 0.303 e. The first-order valence-electron chi connectivity index (χ1n) is 6.56. The Kier molecular flexibility index (Phi) is 4.80. The lowest BCUT2D eigenvalue weighted by Crippen LogP contribution is -1.94. The van der Waals surface area contributed by atoms with Crippen molar-refractivity contribution in [2.24, 2.45) is 0 Å². The number of aryl methyl sites for hydroxylation is 1. The van der Waals surface area contributed by atoms with E-state index in [2.05, 4.69) is 12.1 Å². The fraction of sp³-hybridized carbons (Fsp3) is 0.312. The molecule has 3 heteroatoms. The van der Waals surface area contributed by atoms with Crippen LogP contribution in [0.1, 0.15) is 31.2 Å². The number of fused-ring (bicyclic) bond motifs is 1. The third kappa shape index (κ3) is 3.71. The van der Waals surface area contributed by atoms with Crippen molar-refractivity contribution >= 4 is 28.3 Å². The smallest absolute Gasteiger partial charge is 0.303 e. The molecule has 0 atom stereocenters. The molecule has 19 heavy (non-hydrogen) atoms. The lowest BCUT2D eigenvalue weighted by Gasteiger charge is -2.07. The zero-order chi connectivity index (χ0) is 13.7. The van der Waals surface area contributed by atoms with Crippen molar-refractivity contribution in [3.63, 3.8) is 0 Å². The minimum absolute atomic E-state index is 0.265. The molecular formula is C16H17ClO2. The Morgan fingerprint density at radius 1 is 1.00 bits per heavy atom. The van der Waals surface area contributed by atoms with Crippen molar-refractivity contribution in [2.45, 2.75) is 32.1 Å². The molecule has 0 unspecified atom stereocenters. The predicted molar refractivity (Wildman–Crippen MR) is 78.8 cm³/mol. The number of hydrogen-bond acceptors (Lipinski definition) is 1. The molecule has 2 nitrogen and oxygen atoms in total. The molecule has 0 heterocycles. The molecule has 0 aliphatic heterocycles. The van der Waals surface area contributed by atoms with E-state index < -0.39 is 5.97 Å². The average molecular weight is 277 g/mol. The van der Waals surface area contributed by atoms with Crippen molar-refractivity contribution in [1.82, 2.24) is 0 Å². The minimum atomic E-state index is -0.711. The Bertz CT molecular complexity index is 578. The molecule has 2 rings (SSSR count). The van der Waals surface area contributed by atoms with Gasteiger partial charge in [-0.2, -0.15) is 0 Å². The van der Waals surface area contributed by atoms with E-state index in [0.29, 0.717) is 0 Å². The molecule has 2 aromatic rings. The second-order valence-corrected chi connectivity index (χ2v) is 5.11. The summed E-state index contributed by atoms with van der Waals surface area (Å²) in [6, 6.07) is 12.1. The SMILES string of the molecule is O=C(O)CCCCCc1ccc(Cl)c2ccccc12. The molecule has 0 aliphatic carbocycles. The summed E-state index contributed by atoms with van der Waals surface area (Å²) in [5, 5.41) is 11.7. The first-order valence-corrected chi connectivity index (χ1v) is 6.94. The van der Waals surface area contributed by atoms with Crippen LogP contribution in [0.2, 0.25) is 5.02 Å². The molecular weight excluding hydrogens is 260 g/mol. The van der Waals surface area contributed by atoms with Gasteiger partial charge in [-0.15, -0.1) is 0 Å². The van der Waals surface area contributed by atoms with Gasteiger partial charge >= 0.3 is 5.97 Å². The Morgan fingerprint density at radius 2 is 1.74 bits per heavy atom. The molecule has 0 aromatic heterocycles. The van der Waals surface area contributed by atoms with Gasteiger partial charge in [0, 0.05) is 16.8 Å². The number of unbranched alkanes of at least 4 members (excludes halogenated alkanes) is 2. The van der Waals surface area contributed by atoms with E-state index in [1.165, 1.54) is 10.9 Å². The molecule has 0 spiro atoms. The summed E-state index contributed by atoms with van der Waals surface area (Å²) in [7, 11) is 0. The number of benzene rings is 2. The van der Waals surface area contributed by atoms with E-state index in [-0.39, 0.29) is 6.42 Å². The molecule has 0 radical (unpaired) electrons. The maximum absolute atomic E-state index is 10.4. The number of carboxylic acid groups (broad SMARTS) is 1. The Hall–Kier alpha value is -1.54. The number of carboxylic acids is 1. The van der Waals surface area contributed by atoms with Crippen molar-refractivity contribution in [3.05, 3.63) is 47.0 Å². The fourth-order valence-electron chi connectivity index (χ4n) is 2.31. The highest BCUT2D eigenvalue weighted by molar-refractivity contribution is 6.35. The normalized spacial score (nSPS) is 10.8. The molecule has 1 N–H and O–H groups in total. The second-order valence-electron chi connectivity index (χ2n) is 4.71. The second kappa shape index (κ2) is 6.58. The van der Waals surface area contributed by atoms with Gasteiger partial charge in [0.2, 0.25) is 0 Å². The largest absolute Gasteiger partial charge is 0.481 e. The fourth-order valence-corrected chi connectivity index (χ4v) is 2.54. The van der Waals surface area contributed by atoms with Crippen molar-refractivity contribution in [2.75, 3.05) is 0 Å². The number of aliphatic carboxylic acids is 1. The van der Waals surface area contributed by atoms with E-state index >= 15 is 0 Å². The standard InChI is InChI=1S/C16H17ClO2/c17-15-11-10-12(6-2-1-3-9-16(18)19)13-7-4-5-8-14(13)15/h4-5,7-8,10-11H,1-3,6,9H2,(H,18,19). The van der Waals surface area contributed by atoms with Gasteiger partial charge < -0.3 is 5.11 Å². The minimum Gasteiger partial charge on any atom is -0.481 e. The predicted octanol–water partition coefficient (Wildman–Crippen LogP) is 4.68. The summed E-state index contributed by atoms with van der Waals surface area (Å²) in [5.74, 6) is -0.711. The van der Waals surface area contributed by atoms with Gasteiger partial charge in [0.15, 0.2) is 0 Å². The van der Waals surface area contributed by atoms with Gasteiger partial charge in [-0.1, -0.05) is 48.4 Å². The average Bonchev–Trinajstić information content (AvgIpc) is 2.41. The van der Waals surface area contributed by atoms with E-state index in [9.17, 15) is 4.79 Å². The van der Waals surface area contributed by atoms with Crippen molar-refractivity contribution in [1.29, 1.82) is 0 Å². The van der Waals surface area contributed by atoms with Gasteiger partial charge in [0.05, 0.1) is 0 Å². The van der Waals surface area contributed by atoms with Gasteiger partial charge in [-0.05, 0) is 36.3 Å². The molecule has 0 amide bonds. The number of hydrogen-bond donors (Lipinski definition) is 1. The molecule has 100 valence electrons. The van der Waals surface area contributed by atoms with Gasteiger partial charge in [-0.25, -0.2) is 0 Å². The summed E-state index contributed by atoms with van der Waals surface area (Å²) < 4.78 is 0. The number of halogens is 1. The van der Waals surface area contributed by atoms with Gasteiger partial charge in [0.1, 0.15) is 0 Å². The first kappa shape index (κ1) is 13.9. The van der Waals surface area contributed by atoms with E-state index in [1.807, 2.05) is 24.3 Å². The van der Waals surface area contributed by atoms with E-state index in [4.69, 9.17) is 16.7 Å². The quantitative estimate of drug-likeness (QED) is 0.778. The van der Waals surface area contributed by atoms with Crippen LogP contribution >= 0.6 is 11.6 Å². The van der Waals surface area contributed by atoms with E-state index in [1.54, 1.807) is 0 Å². The van der Waals surface area contributed by atoms with Crippen LogP contribution in [-0.2, 0) is 11.2 Å². The summed E-state index contributed by atoms with van der Waals surface area (Å²) in [6.07, 6.45) is 3.95. The molecule has 0 saturated heterocycles. The monoisotopic (exact) mass is 276 g/mol. The van der Waals surface area contributed by atoms with Crippen LogP contribution in [0.25, 0.3) is 10.8 Å². The Balaban J connectivity index is 2.01. The lowest BCUT2D eigenvalue weighted by molar-refractivity contribution is -0.137. The molecule has 0 aliphatic rings. The maximum atomic E-state index is 10.4. The van der Waals surface area contributed by atoms with Crippen molar-refractivity contribution < 1.29 is 9.90 Å². The van der Waals surface area contributed by atoms with Crippen molar-refractivity contribution in [3.8, 4) is 0 Å². The Morgan fingerprint density at radius 3 is 2.47 bits per heavy atom. The Labute approximate surface area is 118 Å². The summed E-state index contributed by atoms with van der Waals surface area (Å²) in [6.45, 7) is 0. The van der Waals surface area contributed by atoms with Crippen LogP contribution < -0.4 is 0 Å². The van der Waals surface area contributed by atoms with Crippen LogP contribution in [0, 0.1) is 0 Å². The van der Waals surface area contributed by atoms with E-state index in [0.717, 1.165) is 36.1 Å². The zero-order valence-electron chi connectivity index (χ0n) is 10.7. The van der Waals surface area contributed by atoms with Crippen LogP contribution in [0.5, 0.6) is 0 Å². The summed E-state index contributed by atoms with van der Waals surface area (Å²) in [5.41, 5.74) is 1.29. The zero-order valence-corrected chi connectivity index (χ0v) is 11.5. The van der Waals surface area contributed by atoms with Crippen LogP contribution in [-0.4, -0.2) is 11.1 Å².